The van der Waals surface area contributed by atoms with E-state index in [1.165, 1.54) is 12.1 Å². The lowest BCUT2D eigenvalue weighted by Gasteiger charge is -2.20. The first-order chi connectivity index (χ1) is 14.2. The number of hydrogen-bond acceptors (Lipinski definition) is 4. The fourth-order valence-electron chi connectivity index (χ4n) is 3.05. The van der Waals surface area contributed by atoms with E-state index in [9.17, 15) is 4.39 Å². The Balaban J connectivity index is 1.72. The normalized spacial score (nSPS) is 11.8. The van der Waals surface area contributed by atoms with Gasteiger partial charge in [-0.3, -0.25) is 0 Å². The summed E-state index contributed by atoms with van der Waals surface area (Å²) in [7, 11) is 3.30. The highest BCUT2D eigenvalue weighted by molar-refractivity contribution is 5.36. The van der Waals surface area contributed by atoms with E-state index in [2.05, 4.69) is 5.32 Å². The van der Waals surface area contributed by atoms with Crippen molar-refractivity contribution < 1.29 is 18.6 Å². The lowest BCUT2D eigenvalue weighted by atomic mass is 9.98. The number of methoxy groups -OCH3 is 2. The Hall–Kier alpha value is -2.89. The molecule has 1 atom stereocenters. The molecule has 0 spiro atoms. The molecule has 29 heavy (non-hydrogen) atoms. The van der Waals surface area contributed by atoms with Gasteiger partial charge in [0.2, 0.25) is 0 Å². The molecule has 0 aliphatic heterocycles. The van der Waals surface area contributed by atoms with Crippen molar-refractivity contribution in [2.75, 3.05) is 27.4 Å². The molecule has 0 saturated carbocycles. The Morgan fingerprint density at radius 1 is 0.759 bits per heavy atom. The van der Waals surface area contributed by atoms with Gasteiger partial charge in [0.1, 0.15) is 23.9 Å². The minimum Gasteiger partial charge on any atom is -0.497 e. The van der Waals surface area contributed by atoms with Crippen molar-refractivity contribution in [3.63, 3.8) is 0 Å². The Bertz CT molecular complexity index is 864. The molecule has 0 bridgehead atoms. The van der Waals surface area contributed by atoms with E-state index in [0.29, 0.717) is 19.8 Å². The van der Waals surface area contributed by atoms with Crippen LogP contribution in [0.3, 0.4) is 0 Å². The Kier molecular flexibility index (Phi) is 7.61. The van der Waals surface area contributed by atoms with Crippen LogP contribution in [0.5, 0.6) is 11.5 Å². The van der Waals surface area contributed by atoms with Crippen molar-refractivity contribution in [3.05, 3.63) is 95.3 Å². The highest BCUT2D eigenvalue weighted by Gasteiger charge is 2.14. The zero-order valence-corrected chi connectivity index (χ0v) is 16.7. The quantitative estimate of drug-likeness (QED) is 0.504. The molecule has 0 amide bonds. The molecule has 3 rings (SSSR count). The molecule has 0 heterocycles. The molecule has 0 aliphatic rings. The van der Waals surface area contributed by atoms with Gasteiger partial charge >= 0.3 is 0 Å². The van der Waals surface area contributed by atoms with Crippen molar-refractivity contribution >= 4 is 0 Å². The molecule has 0 radical (unpaired) electrons. The highest BCUT2D eigenvalue weighted by atomic mass is 19.1. The Morgan fingerprint density at radius 2 is 1.34 bits per heavy atom. The van der Waals surface area contributed by atoms with Gasteiger partial charge in [0.25, 0.3) is 0 Å². The van der Waals surface area contributed by atoms with Crippen LogP contribution >= 0.6 is 0 Å². The Labute approximate surface area is 171 Å². The summed E-state index contributed by atoms with van der Waals surface area (Å²) < 4.78 is 29.2. The highest BCUT2D eigenvalue weighted by Crippen LogP contribution is 2.25. The molecule has 0 saturated heterocycles. The number of benzene rings is 3. The van der Waals surface area contributed by atoms with E-state index in [4.69, 9.17) is 14.2 Å². The summed E-state index contributed by atoms with van der Waals surface area (Å²) in [6.45, 7) is 1.75. The van der Waals surface area contributed by atoms with Crippen molar-refractivity contribution in [1.82, 2.24) is 5.32 Å². The number of hydrogen-bond donors (Lipinski definition) is 1. The maximum atomic E-state index is 13.4. The topological polar surface area (TPSA) is 39.7 Å². The molecule has 0 fully saturated rings. The third-order valence-corrected chi connectivity index (χ3v) is 4.64. The molecule has 1 N–H and O–H groups in total. The van der Waals surface area contributed by atoms with Crippen molar-refractivity contribution in [1.29, 1.82) is 0 Å². The van der Waals surface area contributed by atoms with Crippen molar-refractivity contribution in [2.24, 2.45) is 0 Å². The summed E-state index contributed by atoms with van der Waals surface area (Å²) in [6, 6.07) is 22.4. The number of halogens is 1. The van der Waals surface area contributed by atoms with Crippen LogP contribution in [-0.4, -0.2) is 27.4 Å². The van der Waals surface area contributed by atoms with Gasteiger partial charge in [0, 0.05) is 13.7 Å². The zero-order chi connectivity index (χ0) is 20.5. The first-order valence-corrected chi connectivity index (χ1v) is 9.53. The van der Waals surface area contributed by atoms with Crippen LogP contribution in [0, 0.1) is 5.82 Å². The van der Waals surface area contributed by atoms with Gasteiger partial charge in [-0.25, -0.2) is 4.39 Å². The van der Waals surface area contributed by atoms with Crippen LogP contribution in [-0.2, 0) is 11.3 Å². The summed E-state index contributed by atoms with van der Waals surface area (Å²) in [6.07, 6.45) is 0. The average Bonchev–Trinajstić information content (AvgIpc) is 2.77. The first kappa shape index (κ1) is 20.8. The number of rotatable bonds is 10. The molecule has 0 aliphatic carbocycles. The summed E-state index contributed by atoms with van der Waals surface area (Å²) in [5.74, 6) is 1.37. The van der Waals surface area contributed by atoms with E-state index in [-0.39, 0.29) is 11.9 Å². The number of nitrogens with one attached hydrogen (secondary N) is 1. The molecule has 1 unspecified atom stereocenters. The van der Waals surface area contributed by atoms with E-state index >= 15 is 0 Å². The second kappa shape index (κ2) is 10.6. The predicted molar refractivity (Wildman–Crippen MR) is 112 cm³/mol. The molecule has 152 valence electrons. The SMILES string of the molecule is COCCOc1ccc(CNC(c2ccc(F)cc2)c2ccc(OC)cc2)cc1. The molecule has 3 aromatic rings. The van der Waals surface area contributed by atoms with E-state index < -0.39 is 0 Å². The van der Waals surface area contributed by atoms with Crippen LogP contribution in [0.4, 0.5) is 4.39 Å². The fraction of sp³-hybridized carbons (Fsp3) is 0.250. The molecular formula is C24H26FNO3. The van der Waals surface area contributed by atoms with E-state index in [1.807, 2.05) is 60.7 Å². The van der Waals surface area contributed by atoms with Gasteiger partial charge in [-0.2, -0.15) is 0 Å². The minimum atomic E-state index is -0.244. The van der Waals surface area contributed by atoms with Gasteiger partial charge in [0.15, 0.2) is 0 Å². The maximum Gasteiger partial charge on any atom is 0.123 e. The molecule has 0 aromatic heterocycles. The van der Waals surface area contributed by atoms with Gasteiger partial charge in [-0.1, -0.05) is 36.4 Å². The van der Waals surface area contributed by atoms with Crippen LogP contribution in [0.25, 0.3) is 0 Å². The van der Waals surface area contributed by atoms with Gasteiger partial charge in [-0.15, -0.1) is 0 Å². The summed E-state index contributed by atoms with van der Waals surface area (Å²) in [5.41, 5.74) is 3.21. The molecular weight excluding hydrogens is 369 g/mol. The fourth-order valence-corrected chi connectivity index (χ4v) is 3.05. The molecule has 3 aromatic carbocycles. The van der Waals surface area contributed by atoms with Crippen LogP contribution < -0.4 is 14.8 Å². The van der Waals surface area contributed by atoms with E-state index in [1.54, 1.807) is 14.2 Å². The summed E-state index contributed by atoms with van der Waals surface area (Å²) >= 11 is 0. The van der Waals surface area contributed by atoms with Crippen LogP contribution in [0.15, 0.2) is 72.8 Å². The zero-order valence-electron chi connectivity index (χ0n) is 16.7. The minimum absolute atomic E-state index is 0.0702. The van der Waals surface area contributed by atoms with Crippen molar-refractivity contribution in [2.45, 2.75) is 12.6 Å². The summed E-state index contributed by atoms with van der Waals surface area (Å²) in [5, 5.41) is 3.57. The van der Waals surface area contributed by atoms with Crippen LogP contribution in [0.2, 0.25) is 0 Å². The number of ether oxygens (including phenoxy) is 3. The second-order valence-corrected chi connectivity index (χ2v) is 6.62. The lowest BCUT2D eigenvalue weighted by molar-refractivity contribution is 0.146. The van der Waals surface area contributed by atoms with E-state index in [0.717, 1.165) is 28.2 Å². The Morgan fingerprint density at radius 3 is 1.93 bits per heavy atom. The second-order valence-electron chi connectivity index (χ2n) is 6.62. The third-order valence-electron chi connectivity index (χ3n) is 4.64. The predicted octanol–water partition coefficient (Wildman–Crippen LogP) is 4.74. The van der Waals surface area contributed by atoms with Gasteiger partial charge in [0.05, 0.1) is 19.8 Å². The first-order valence-electron chi connectivity index (χ1n) is 9.53. The average molecular weight is 395 g/mol. The smallest absolute Gasteiger partial charge is 0.123 e. The largest absolute Gasteiger partial charge is 0.497 e. The lowest BCUT2D eigenvalue weighted by Crippen LogP contribution is -2.22. The van der Waals surface area contributed by atoms with Crippen LogP contribution in [0.1, 0.15) is 22.7 Å². The third kappa shape index (κ3) is 6.04. The maximum absolute atomic E-state index is 13.4. The monoisotopic (exact) mass is 395 g/mol. The van der Waals surface area contributed by atoms with Gasteiger partial charge in [-0.05, 0) is 53.1 Å². The standard InChI is InChI=1S/C24H26FNO3/c1-27-15-16-29-23-11-3-18(4-12-23)17-26-24(19-5-9-21(25)10-6-19)20-7-13-22(28-2)14-8-20/h3-14,24,26H,15-17H2,1-2H3. The van der Waals surface area contributed by atoms with Crippen molar-refractivity contribution in [3.8, 4) is 11.5 Å². The molecule has 4 nitrogen and oxygen atoms in total. The summed E-state index contributed by atoms with van der Waals surface area (Å²) in [4.78, 5) is 0. The van der Waals surface area contributed by atoms with Gasteiger partial charge < -0.3 is 19.5 Å². The molecule has 5 heteroatoms.